The maximum absolute atomic E-state index is 10.6. The van der Waals surface area contributed by atoms with Crippen LogP contribution in [0.5, 0.6) is 5.75 Å². The maximum atomic E-state index is 10.6. The minimum atomic E-state index is -0.400. The molecule has 2 heterocycles. The van der Waals surface area contributed by atoms with Crippen molar-refractivity contribution < 1.29 is 9.84 Å². The van der Waals surface area contributed by atoms with Gasteiger partial charge in [-0.1, -0.05) is 41.4 Å². The Kier molecular flexibility index (Phi) is 6.12. The van der Waals surface area contributed by atoms with Crippen LogP contribution in [0.2, 0.25) is 10.0 Å². The molecule has 0 saturated carbocycles. The quantitative estimate of drug-likeness (QED) is 0.621. The zero-order valence-electron chi connectivity index (χ0n) is 15.6. The van der Waals surface area contributed by atoms with Crippen LogP contribution in [-0.4, -0.2) is 46.4 Å². The highest BCUT2D eigenvalue weighted by atomic mass is 35.5. The standard InChI is InChI=1S/C22H24Cl2N2O2/c23-20-6-5-19(13-21(20)24)28-18-8-10-25(11-9-18)14-17(27)15-26-12-7-16-3-1-2-4-22(16)26/h1-7,12-13,17-18,27H,8-11,14-15H2/t17-/m1/s1. The number of hydrogen-bond acceptors (Lipinski definition) is 3. The first-order valence-corrected chi connectivity index (χ1v) is 10.4. The summed E-state index contributed by atoms with van der Waals surface area (Å²) in [4.78, 5) is 2.31. The van der Waals surface area contributed by atoms with Gasteiger partial charge in [0.25, 0.3) is 0 Å². The lowest BCUT2D eigenvalue weighted by Crippen LogP contribution is -2.42. The van der Waals surface area contributed by atoms with Gasteiger partial charge in [0.15, 0.2) is 0 Å². The summed E-state index contributed by atoms with van der Waals surface area (Å²) in [5, 5.41) is 12.8. The number of benzene rings is 2. The van der Waals surface area contributed by atoms with E-state index in [0.29, 0.717) is 23.1 Å². The number of aromatic nitrogens is 1. The number of ether oxygens (including phenoxy) is 1. The van der Waals surface area contributed by atoms with Crippen molar-refractivity contribution >= 4 is 34.1 Å². The first-order valence-electron chi connectivity index (χ1n) is 9.64. The molecule has 1 aliphatic heterocycles. The number of hydrogen-bond donors (Lipinski definition) is 1. The lowest BCUT2D eigenvalue weighted by Gasteiger charge is -2.33. The number of likely N-dealkylation sites (tertiary alicyclic amines) is 1. The molecule has 148 valence electrons. The van der Waals surface area contributed by atoms with Crippen molar-refractivity contribution in [1.29, 1.82) is 0 Å². The Labute approximate surface area is 175 Å². The van der Waals surface area contributed by atoms with Gasteiger partial charge in [-0.2, -0.15) is 0 Å². The van der Waals surface area contributed by atoms with E-state index in [0.717, 1.165) is 37.2 Å². The zero-order valence-corrected chi connectivity index (χ0v) is 17.1. The van der Waals surface area contributed by atoms with E-state index in [1.54, 1.807) is 12.1 Å². The molecule has 0 aliphatic carbocycles. The first-order chi connectivity index (χ1) is 13.6. The summed E-state index contributed by atoms with van der Waals surface area (Å²) in [6, 6.07) is 15.7. The van der Waals surface area contributed by atoms with Crippen LogP contribution in [0.4, 0.5) is 0 Å². The Hall–Kier alpha value is -1.72. The van der Waals surface area contributed by atoms with Crippen LogP contribution in [0.1, 0.15) is 12.8 Å². The number of rotatable bonds is 6. The van der Waals surface area contributed by atoms with E-state index in [1.807, 2.05) is 24.4 Å². The Bertz CT molecular complexity index is 935. The average Bonchev–Trinajstić information content (AvgIpc) is 3.09. The molecule has 1 fully saturated rings. The van der Waals surface area contributed by atoms with Crippen molar-refractivity contribution in [2.45, 2.75) is 31.6 Å². The fourth-order valence-corrected chi connectivity index (χ4v) is 4.12. The summed E-state index contributed by atoms with van der Waals surface area (Å²) in [6.45, 7) is 3.10. The Morgan fingerprint density at radius 3 is 2.57 bits per heavy atom. The van der Waals surface area contributed by atoms with Crippen molar-refractivity contribution in [3.63, 3.8) is 0 Å². The van der Waals surface area contributed by atoms with Crippen molar-refractivity contribution in [3.05, 3.63) is 64.8 Å². The minimum absolute atomic E-state index is 0.166. The molecule has 0 amide bonds. The molecule has 1 atom stereocenters. The summed E-state index contributed by atoms with van der Waals surface area (Å²) in [7, 11) is 0. The second-order valence-corrected chi connectivity index (χ2v) is 8.19. The number of para-hydroxylation sites is 1. The van der Waals surface area contributed by atoms with Crippen LogP contribution in [0.3, 0.4) is 0 Å². The molecule has 1 aliphatic rings. The van der Waals surface area contributed by atoms with Gasteiger partial charge in [0.1, 0.15) is 11.9 Å². The summed E-state index contributed by atoms with van der Waals surface area (Å²) in [5.41, 5.74) is 1.16. The third kappa shape index (κ3) is 4.64. The van der Waals surface area contributed by atoms with Gasteiger partial charge in [-0.3, -0.25) is 0 Å². The SMILES string of the molecule is O[C@H](CN1CCC(Oc2ccc(Cl)c(Cl)c2)CC1)Cn1ccc2ccccc21. The maximum Gasteiger partial charge on any atom is 0.121 e. The Morgan fingerprint density at radius 2 is 1.79 bits per heavy atom. The van der Waals surface area contributed by atoms with Gasteiger partial charge in [-0.25, -0.2) is 0 Å². The van der Waals surface area contributed by atoms with Crippen LogP contribution < -0.4 is 4.74 Å². The molecule has 0 unspecified atom stereocenters. The predicted octanol–water partition coefficient (Wildman–Crippen LogP) is 4.85. The number of aliphatic hydroxyl groups excluding tert-OH is 1. The molecule has 0 radical (unpaired) electrons. The molecule has 3 aromatic rings. The first kappa shape index (κ1) is 19.6. The van der Waals surface area contributed by atoms with Crippen molar-refractivity contribution in [1.82, 2.24) is 9.47 Å². The lowest BCUT2D eigenvalue weighted by atomic mass is 10.1. The highest BCUT2D eigenvalue weighted by Crippen LogP contribution is 2.28. The highest BCUT2D eigenvalue weighted by molar-refractivity contribution is 6.42. The molecule has 2 aromatic carbocycles. The number of piperidine rings is 1. The Balaban J connectivity index is 1.26. The van der Waals surface area contributed by atoms with Gasteiger partial charge in [-0.15, -0.1) is 0 Å². The van der Waals surface area contributed by atoms with Gasteiger partial charge < -0.3 is 19.3 Å². The number of nitrogens with zero attached hydrogens (tertiary/aromatic N) is 2. The molecular formula is C22H24Cl2N2O2. The number of β-amino-alcohol motifs (C(OH)–C–C–N with tert-alkyl or cyclic N) is 1. The van der Waals surface area contributed by atoms with E-state index < -0.39 is 6.10 Å². The normalized spacial score (nSPS) is 17.1. The summed E-state index contributed by atoms with van der Waals surface area (Å²) in [5.74, 6) is 0.757. The lowest BCUT2D eigenvalue weighted by molar-refractivity contribution is 0.0553. The fourth-order valence-electron chi connectivity index (χ4n) is 3.83. The fraction of sp³-hybridized carbons (Fsp3) is 0.364. The molecule has 28 heavy (non-hydrogen) atoms. The van der Waals surface area contributed by atoms with Crippen LogP contribution >= 0.6 is 23.2 Å². The summed E-state index contributed by atoms with van der Waals surface area (Å²) in [6.07, 6.45) is 3.67. The molecular weight excluding hydrogens is 395 g/mol. The van der Waals surface area contributed by atoms with Crippen LogP contribution in [0.25, 0.3) is 10.9 Å². The van der Waals surface area contributed by atoms with Gasteiger partial charge in [-0.05, 0) is 42.5 Å². The smallest absolute Gasteiger partial charge is 0.121 e. The molecule has 1 N–H and O–H groups in total. The zero-order chi connectivity index (χ0) is 19.5. The molecule has 1 saturated heterocycles. The van der Waals surface area contributed by atoms with E-state index in [9.17, 15) is 5.11 Å². The van der Waals surface area contributed by atoms with Gasteiger partial charge in [0.05, 0.1) is 16.1 Å². The molecule has 4 rings (SSSR count). The summed E-state index contributed by atoms with van der Waals surface area (Å²) < 4.78 is 8.17. The monoisotopic (exact) mass is 418 g/mol. The van der Waals surface area contributed by atoms with E-state index >= 15 is 0 Å². The molecule has 0 spiro atoms. The minimum Gasteiger partial charge on any atom is -0.490 e. The van der Waals surface area contributed by atoms with Crippen LogP contribution in [-0.2, 0) is 6.54 Å². The molecule has 1 aromatic heterocycles. The predicted molar refractivity (Wildman–Crippen MR) is 114 cm³/mol. The van der Waals surface area contributed by atoms with Gasteiger partial charge >= 0.3 is 0 Å². The van der Waals surface area contributed by atoms with Gasteiger partial charge in [0.2, 0.25) is 0 Å². The topological polar surface area (TPSA) is 37.6 Å². The van der Waals surface area contributed by atoms with E-state index in [-0.39, 0.29) is 6.10 Å². The van der Waals surface area contributed by atoms with Crippen molar-refractivity contribution in [2.75, 3.05) is 19.6 Å². The largest absolute Gasteiger partial charge is 0.490 e. The van der Waals surface area contributed by atoms with E-state index in [4.69, 9.17) is 27.9 Å². The number of halogens is 2. The third-order valence-electron chi connectivity index (χ3n) is 5.29. The van der Waals surface area contributed by atoms with Crippen molar-refractivity contribution in [2.24, 2.45) is 0 Å². The highest BCUT2D eigenvalue weighted by Gasteiger charge is 2.22. The second kappa shape index (κ2) is 8.75. The Morgan fingerprint density at radius 1 is 1.00 bits per heavy atom. The molecule has 4 nitrogen and oxygen atoms in total. The molecule has 6 heteroatoms. The van der Waals surface area contributed by atoms with Crippen LogP contribution in [0, 0.1) is 0 Å². The molecule has 0 bridgehead atoms. The van der Waals surface area contributed by atoms with Crippen LogP contribution in [0.15, 0.2) is 54.7 Å². The van der Waals surface area contributed by atoms with E-state index in [1.165, 1.54) is 5.39 Å². The van der Waals surface area contributed by atoms with E-state index in [2.05, 4.69) is 27.7 Å². The summed E-state index contributed by atoms with van der Waals surface area (Å²) >= 11 is 12.0. The average molecular weight is 419 g/mol. The third-order valence-corrected chi connectivity index (χ3v) is 6.02. The van der Waals surface area contributed by atoms with Gasteiger partial charge in [0, 0.05) is 44.0 Å². The van der Waals surface area contributed by atoms with Crippen molar-refractivity contribution in [3.8, 4) is 5.75 Å². The number of aliphatic hydroxyl groups is 1. The number of fused-ring (bicyclic) bond motifs is 1. The second-order valence-electron chi connectivity index (χ2n) is 7.37.